The van der Waals surface area contributed by atoms with Gasteiger partial charge >= 0.3 is 0 Å². The molecular weight excluding hydrogens is 414 g/mol. The molecule has 0 unspecified atom stereocenters. The van der Waals surface area contributed by atoms with Crippen molar-refractivity contribution < 1.29 is 28.3 Å². The number of amides is 1. The Bertz CT molecular complexity index is 1060. The molecule has 1 heterocycles. The molecule has 9 heteroatoms. The number of carbonyl (C=O) groups is 1. The fourth-order valence-electron chi connectivity index (χ4n) is 3.25. The molecule has 0 radical (unpaired) electrons. The fourth-order valence-corrected chi connectivity index (χ4v) is 3.25. The van der Waals surface area contributed by atoms with Gasteiger partial charge in [-0.1, -0.05) is 11.2 Å². The molecule has 0 bridgehead atoms. The number of hydrogen-bond donors (Lipinski definition) is 0. The van der Waals surface area contributed by atoms with Crippen molar-refractivity contribution in [3.63, 3.8) is 0 Å². The normalized spacial score (nSPS) is 10.7. The highest BCUT2D eigenvalue weighted by molar-refractivity contribution is 5.99. The van der Waals surface area contributed by atoms with Gasteiger partial charge in [-0.2, -0.15) is 4.98 Å². The Morgan fingerprint density at radius 2 is 1.56 bits per heavy atom. The topological polar surface area (TPSA) is 96.2 Å². The second-order valence-corrected chi connectivity index (χ2v) is 7.15. The molecular formula is C23H27N3O6. The van der Waals surface area contributed by atoms with Gasteiger partial charge in [-0.3, -0.25) is 4.79 Å². The summed E-state index contributed by atoms with van der Waals surface area (Å²) in [6.45, 7) is 3.94. The van der Waals surface area contributed by atoms with Gasteiger partial charge in [-0.05, 0) is 44.2 Å². The van der Waals surface area contributed by atoms with Gasteiger partial charge < -0.3 is 28.4 Å². The number of benzene rings is 2. The third-order valence-corrected chi connectivity index (χ3v) is 4.94. The first-order valence-corrected chi connectivity index (χ1v) is 10.00. The van der Waals surface area contributed by atoms with Crippen LogP contribution in [-0.4, -0.2) is 55.4 Å². The van der Waals surface area contributed by atoms with Crippen molar-refractivity contribution in [1.82, 2.24) is 15.0 Å². The summed E-state index contributed by atoms with van der Waals surface area (Å²) < 4.78 is 26.8. The molecule has 0 aliphatic carbocycles. The molecule has 2 aromatic carbocycles. The monoisotopic (exact) mass is 441 g/mol. The standard InChI is InChI=1S/C23H27N3O6/c1-14(2)26(23(27)21-17(29-4)8-7-9-18(21)30-5)13-20-24-22(25-32-20)15-10-11-16(28-3)19(12-15)31-6/h7-12,14H,13H2,1-6H3. The zero-order chi connectivity index (χ0) is 23.3. The maximum Gasteiger partial charge on any atom is 0.262 e. The van der Waals surface area contributed by atoms with Crippen LogP contribution >= 0.6 is 0 Å². The molecule has 0 saturated carbocycles. The third kappa shape index (κ3) is 4.61. The van der Waals surface area contributed by atoms with E-state index in [1.807, 2.05) is 13.8 Å². The lowest BCUT2D eigenvalue weighted by molar-refractivity contribution is 0.0660. The van der Waals surface area contributed by atoms with E-state index in [9.17, 15) is 4.79 Å². The summed E-state index contributed by atoms with van der Waals surface area (Å²) >= 11 is 0. The van der Waals surface area contributed by atoms with E-state index in [1.165, 1.54) is 14.2 Å². The minimum absolute atomic E-state index is 0.123. The number of aromatic nitrogens is 2. The summed E-state index contributed by atoms with van der Waals surface area (Å²) in [5.74, 6) is 2.42. The van der Waals surface area contributed by atoms with Gasteiger partial charge in [-0.15, -0.1) is 0 Å². The second kappa shape index (κ2) is 10.0. The molecule has 0 saturated heterocycles. The van der Waals surface area contributed by atoms with Crippen molar-refractivity contribution in [3.8, 4) is 34.4 Å². The van der Waals surface area contributed by atoms with Gasteiger partial charge in [0.25, 0.3) is 5.91 Å². The van der Waals surface area contributed by atoms with Crippen LogP contribution in [0, 0.1) is 0 Å². The minimum Gasteiger partial charge on any atom is -0.496 e. The van der Waals surface area contributed by atoms with E-state index in [0.717, 1.165) is 0 Å². The Kier molecular flexibility index (Phi) is 7.19. The largest absolute Gasteiger partial charge is 0.496 e. The average molecular weight is 441 g/mol. The number of rotatable bonds is 9. The van der Waals surface area contributed by atoms with E-state index in [-0.39, 0.29) is 18.5 Å². The Labute approximate surface area is 186 Å². The van der Waals surface area contributed by atoms with E-state index in [1.54, 1.807) is 55.5 Å². The lowest BCUT2D eigenvalue weighted by Crippen LogP contribution is -2.37. The summed E-state index contributed by atoms with van der Waals surface area (Å²) in [6, 6.07) is 10.4. The van der Waals surface area contributed by atoms with Crippen LogP contribution in [0.3, 0.4) is 0 Å². The first-order valence-electron chi connectivity index (χ1n) is 10.00. The molecule has 1 aromatic heterocycles. The van der Waals surface area contributed by atoms with Crippen molar-refractivity contribution in [2.24, 2.45) is 0 Å². The highest BCUT2D eigenvalue weighted by Gasteiger charge is 2.27. The molecule has 170 valence electrons. The predicted octanol–water partition coefficient (Wildman–Crippen LogP) is 3.82. The second-order valence-electron chi connectivity index (χ2n) is 7.15. The van der Waals surface area contributed by atoms with Crippen molar-refractivity contribution in [1.29, 1.82) is 0 Å². The average Bonchev–Trinajstić information content (AvgIpc) is 3.29. The van der Waals surface area contributed by atoms with Gasteiger partial charge in [0, 0.05) is 11.6 Å². The molecule has 0 fully saturated rings. The highest BCUT2D eigenvalue weighted by atomic mass is 16.5. The molecule has 3 aromatic rings. The summed E-state index contributed by atoms with van der Waals surface area (Å²) in [5.41, 5.74) is 1.04. The van der Waals surface area contributed by atoms with Crippen LogP contribution in [0.5, 0.6) is 23.0 Å². The van der Waals surface area contributed by atoms with Gasteiger partial charge in [0.2, 0.25) is 11.7 Å². The van der Waals surface area contributed by atoms with E-state index in [2.05, 4.69) is 10.1 Å². The Morgan fingerprint density at radius 3 is 2.12 bits per heavy atom. The molecule has 0 atom stereocenters. The lowest BCUT2D eigenvalue weighted by atomic mass is 10.1. The molecule has 32 heavy (non-hydrogen) atoms. The summed E-state index contributed by atoms with van der Waals surface area (Å²) in [6.07, 6.45) is 0. The Hall–Kier alpha value is -3.75. The molecule has 0 aliphatic rings. The molecule has 3 rings (SSSR count). The number of methoxy groups -OCH3 is 4. The third-order valence-electron chi connectivity index (χ3n) is 4.94. The zero-order valence-corrected chi connectivity index (χ0v) is 19.0. The quantitative estimate of drug-likeness (QED) is 0.494. The van der Waals surface area contributed by atoms with E-state index >= 15 is 0 Å². The number of ether oxygens (including phenoxy) is 4. The van der Waals surface area contributed by atoms with Crippen LogP contribution in [0.15, 0.2) is 40.9 Å². The van der Waals surface area contributed by atoms with Crippen LogP contribution in [0.2, 0.25) is 0 Å². The first kappa shape index (κ1) is 22.9. The van der Waals surface area contributed by atoms with Crippen molar-refractivity contribution in [2.45, 2.75) is 26.4 Å². The predicted molar refractivity (Wildman–Crippen MR) is 117 cm³/mol. The molecule has 9 nitrogen and oxygen atoms in total. The molecule has 0 N–H and O–H groups in total. The summed E-state index contributed by atoms with van der Waals surface area (Å²) in [4.78, 5) is 19.5. The van der Waals surface area contributed by atoms with Crippen LogP contribution in [0.25, 0.3) is 11.4 Å². The van der Waals surface area contributed by atoms with E-state index < -0.39 is 0 Å². The van der Waals surface area contributed by atoms with Crippen LogP contribution in [-0.2, 0) is 6.54 Å². The smallest absolute Gasteiger partial charge is 0.262 e. The summed E-state index contributed by atoms with van der Waals surface area (Å²) in [7, 11) is 6.15. The molecule has 1 amide bonds. The molecule has 0 aliphatic heterocycles. The van der Waals surface area contributed by atoms with Crippen molar-refractivity contribution in [3.05, 3.63) is 47.9 Å². The lowest BCUT2D eigenvalue weighted by Gasteiger charge is -2.26. The van der Waals surface area contributed by atoms with Gasteiger partial charge in [0.1, 0.15) is 23.6 Å². The van der Waals surface area contributed by atoms with E-state index in [0.29, 0.717) is 45.8 Å². The summed E-state index contributed by atoms with van der Waals surface area (Å²) in [5, 5.41) is 4.06. The van der Waals surface area contributed by atoms with Gasteiger partial charge in [0.15, 0.2) is 11.5 Å². The number of carbonyl (C=O) groups excluding carboxylic acids is 1. The number of nitrogens with zero attached hydrogens (tertiary/aromatic N) is 3. The first-order chi connectivity index (χ1) is 15.4. The molecule has 0 spiro atoms. The number of hydrogen-bond acceptors (Lipinski definition) is 8. The van der Waals surface area contributed by atoms with Crippen LogP contribution < -0.4 is 18.9 Å². The Balaban J connectivity index is 1.89. The SMILES string of the molecule is COc1ccc(-c2noc(CN(C(=O)c3c(OC)cccc3OC)C(C)C)n2)cc1OC. The minimum atomic E-state index is -0.264. The maximum atomic E-state index is 13.4. The van der Waals surface area contributed by atoms with Crippen molar-refractivity contribution in [2.75, 3.05) is 28.4 Å². The van der Waals surface area contributed by atoms with Crippen LogP contribution in [0.4, 0.5) is 0 Å². The highest BCUT2D eigenvalue weighted by Crippen LogP contribution is 2.32. The zero-order valence-electron chi connectivity index (χ0n) is 19.0. The maximum absolute atomic E-state index is 13.4. The van der Waals surface area contributed by atoms with Gasteiger partial charge in [-0.25, -0.2) is 0 Å². The van der Waals surface area contributed by atoms with Crippen molar-refractivity contribution >= 4 is 5.91 Å². The van der Waals surface area contributed by atoms with Gasteiger partial charge in [0.05, 0.1) is 28.4 Å². The van der Waals surface area contributed by atoms with E-state index in [4.69, 9.17) is 23.5 Å². The Morgan fingerprint density at radius 1 is 0.938 bits per heavy atom. The fraction of sp³-hybridized carbons (Fsp3) is 0.348. The van der Waals surface area contributed by atoms with Crippen LogP contribution in [0.1, 0.15) is 30.1 Å².